The van der Waals surface area contributed by atoms with E-state index in [4.69, 9.17) is 0 Å². The molecule has 0 radical (unpaired) electrons. The number of nitrogens with zero attached hydrogens (tertiary/aromatic N) is 3. The number of hydrogen-bond acceptors (Lipinski definition) is 1. The minimum absolute atomic E-state index is 0.0487. The van der Waals surface area contributed by atoms with Crippen molar-refractivity contribution in [3.8, 4) is 11.8 Å². The lowest BCUT2D eigenvalue weighted by molar-refractivity contribution is 0.393. The summed E-state index contributed by atoms with van der Waals surface area (Å²) in [6.07, 6.45) is 8.97. The maximum Gasteiger partial charge on any atom is 0.124 e. The highest BCUT2D eigenvalue weighted by molar-refractivity contribution is 6.09. The topological polar surface area (TPSA) is 33.6 Å². The van der Waals surface area contributed by atoms with E-state index in [9.17, 15) is 9.65 Å². The van der Waals surface area contributed by atoms with E-state index in [2.05, 4.69) is 82.0 Å². The molecule has 3 aromatic carbocycles. The van der Waals surface area contributed by atoms with Crippen molar-refractivity contribution in [2.45, 2.75) is 31.5 Å². The number of halogens is 1. The second-order valence-electron chi connectivity index (χ2n) is 9.63. The number of aromatic nitrogens is 2. The zero-order chi connectivity index (χ0) is 23.5. The molecule has 0 N–H and O–H groups in total. The summed E-state index contributed by atoms with van der Waals surface area (Å²) in [7, 11) is 0. The fourth-order valence-corrected chi connectivity index (χ4v) is 6.16. The van der Waals surface area contributed by atoms with Crippen molar-refractivity contribution in [1.29, 1.82) is 5.26 Å². The molecule has 3 atom stereocenters. The summed E-state index contributed by atoms with van der Waals surface area (Å²) in [5, 5.41) is 13.4. The molecule has 3 unspecified atom stereocenters. The SMILES string of the molecule is N#CC1CC=CCC1n1c2ccccc2c2cc(-n3c4c(c5ccccc53)C=CC(F)C4)ccc21. The standard InChI is InChI=1S/C31H24FN3/c32-21-13-15-25-23-8-2-5-11-28(23)34(31(25)17-21)22-14-16-30-26(18-22)24-9-3-6-12-29(24)35(30)27-10-4-1-7-20(27)19-33/h1-6,8-9,11-16,18,20-21,27H,7,10,17H2. The lowest BCUT2D eigenvalue weighted by Gasteiger charge is -2.26. The molecule has 2 heterocycles. The highest BCUT2D eigenvalue weighted by Crippen LogP contribution is 2.40. The van der Waals surface area contributed by atoms with Crippen molar-refractivity contribution < 1.29 is 4.39 Å². The highest BCUT2D eigenvalue weighted by atomic mass is 19.1. The van der Waals surface area contributed by atoms with Crippen molar-refractivity contribution in [3.05, 3.63) is 96.2 Å². The molecule has 7 rings (SSSR count). The van der Waals surface area contributed by atoms with Crippen LogP contribution in [0.25, 0.3) is 44.5 Å². The summed E-state index contributed by atoms with van der Waals surface area (Å²) < 4.78 is 19.1. The van der Waals surface area contributed by atoms with Gasteiger partial charge in [0.2, 0.25) is 0 Å². The molecular formula is C31H24FN3. The molecule has 0 saturated carbocycles. The normalized spacial score (nSPS) is 21.5. The first kappa shape index (κ1) is 20.3. The predicted molar refractivity (Wildman–Crippen MR) is 140 cm³/mol. The van der Waals surface area contributed by atoms with Gasteiger partial charge >= 0.3 is 0 Å². The van der Waals surface area contributed by atoms with Crippen molar-refractivity contribution in [3.63, 3.8) is 0 Å². The Balaban J connectivity index is 1.51. The number of alkyl halides is 1. The van der Waals surface area contributed by atoms with Crippen LogP contribution in [0.3, 0.4) is 0 Å². The molecule has 3 nitrogen and oxygen atoms in total. The van der Waals surface area contributed by atoms with Gasteiger partial charge in [-0.05, 0) is 49.2 Å². The maximum absolute atomic E-state index is 14.5. The minimum atomic E-state index is -0.974. The highest BCUT2D eigenvalue weighted by Gasteiger charge is 2.28. The van der Waals surface area contributed by atoms with Crippen LogP contribution in [0.2, 0.25) is 0 Å². The van der Waals surface area contributed by atoms with Crippen molar-refractivity contribution in [2.75, 3.05) is 0 Å². The van der Waals surface area contributed by atoms with Gasteiger partial charge in [-0.25, -0.2) is 4.39 Å². The third-order valence-corrected chi connectivity index (χ3v) is 7.72. The van der Waals surface area contributed by atoms with E-state index < -0.39 is 6.17 Å². The van der Waals surface area contributed by atoms with E-state index in [0.29, 0.717) is 6.42 Å². The van der Waals surface area contributed by atoms with Crippen LogP contribution >= 0.6 is 0 Å². The number of nitriles is 1. The van der Waals surface area contributed by atoms with Crippen LogP contribution in [0.5, 0.6) is 0 Å². The number of fused-ring (bicyclic) bond motifs is 6. The Morgan fingerprint density at radius 1 is 0.829 bits per heavy atom. The molecule has 0 bridgehead atoms. The van der Waals surface area contributed by atoms with Crippen LogP contribution in [0, 0.1) is 17.2 Å². The van der Waals surface area contributed by atoms with Gasteiger partial charge in [0, 0.05) is 50.6 Å². The van der Waals surface area contributed by atoms with Gasteiger partial charge in [0.15, 0.2) is 0 Å². The summed E-state index contributed by atoms with van der Waals surface area (Å²) in [5.41, 5.74) is 6.58. The second kappa shape index (κ2) is 7.71. The molecule has 2 aliphatic carbocycles. The lowest BCUT2D eigenvalue weighted by Crippen LogP contribution is -2.19. The molecule has 4 heteroatoms. The Bertz CT molecular complexity index is 1730. The van der Waals surface area contributed by atoms with Crippen molar-refractivity contribution >= 4 is 38.8 Å². The van der Waals surface area contributed by atoms with E-state index in [1.165, 1.54) is 10.8 Å². The first-order valence-corrected chi connectivity index (χ1v) is 12.3. The van der Waals surface area contributed by atoms with Crippen LogP contribution in [0.4, 0.5) is 4.39 Å². The van der Waals surface area contributed by atoms with Crippen LogP contribution in [-0.2, 0) is 6.42 Å². The van der Waals surface area contributed by atoms with Gasteiger partial charge < -0.3 is 9.13 Å². The molecule has 35 heavy (non-hydrogen) atoms. The van der Waals surface area contributed by atoms with E-state index in [-0.39, 0.29) is 12.0 Å². The van der Waals surface area contributed by atoms with E-state index in [1.54, 1.807) is 6.08 Å². The Labute approximate surface area is 203 Å². The van der Waals surface area contributed by atoms with Gasteiger partial charge in [-0.3, -0.25) is 0 Å². The molecule has 0 saturated heterocycles. The molecule has 170 valence electrons. The van der Waals surface area contributed by atoms with Crippen LogP contribution in [-0.4, -0.2) is 15.3 Å². The number of rotatable bonds is 2. The summed E-state index contributed by atoms with van der Waals surface area (Å²) in [4.78, 5) is 0. The maximum atomic E-state index is 14.5. The molecule has 2 aliphatic rings. The fourth-order valence-electron chi connectivity index (χ4n) is 6.16. The third-order valence-electron chi connectivity index (χ3n) is 7.72. The molecule has 0 spiro atoms. The van der Waals surface area contributed by atoms with E-state index in [0.717, 1.165) is 51.7 Å². The minimum Gasteiger partial charge on any atom is -0.336 e. The Morgan fingerprint density at radius 2 is 1.57 bits per heavy atom. The average Bonchev–Trinajstić information content (AvgIpc) is 3.40. The quantitative estimate of drug-likeness (QED) is 0.250. The summed E-state index contributed by atoms with van der Waals surface area (Å²) >= 11 is 0. The Hall–Kier alpha value is -4.10. The Morgan fingerprint density at radius 3 is 2.43 bits per heavy atom. The monoisotopic (exact) mass is 457 g/mol. The number of hydrogen-bond donors (Lipinski definition) is 0. The van der Waals surface area contributed by atoms with Crippen LogP contribution in [0.15, 0.2) is 85.0 Å². The lowest BCUT2D eigenvalue weighted by atomic mass is 9.90. The third kappa shape index (κ3) is 2.94. The summed E-state index contributed by atoms with van der Waals surface area (Å²) in [5.74, 6) is -0.0487. The van der Waals surface area contributed by atoms with Crippen molar-refractivity contribution in [2.24, 2.45) is 5.92 Å². The zero-order valence-electron chi connectivity index (χ0n) is 19.2. The van der Waals surface area contributed by atoms with Crippen molar-refractivity contribution in [1.82, 2.24) is 9.13 Å². The van der Waals surface area contributed by atoms with E-state index in [1.807, 2.05) is 18.2 Å². The molecule has 0 aliphatic heterocycles. The second-order valence-corrected chi connectivity index (χ2v) is 9.63. The summed E-state index contributed by atoms with van der Waals surface area (Å²) in [6.45, 7) is 0. The first-order chi connectivity index (χ1) is 17.2. The first-order valence-electron chi connectivity index (χ1n) is 12.3. The van der Waals surface area contributed by atoms with Gasteiger partial charge in [-0.15, -0.1) is 0 Å². The van der Waals surface area contributed by atoms with Gasteiger partial charge in [0.1, 0.15) is 6.17 Å². The van der Waals surface area contributed by atoms with Crippen LogP contribution in [0.1, 0.15) is 30.1 Å². The van der Waals surface area contributed by atoms with E-state index >= 15 is 0 Å². The average molecular weight is 458 g/mol. The largest absolute Gasteiger partial charge is 0.336 e. The van der Waals surface area contributed by atoms with Crippen LogP contribution < -0.4 is 0 Å². The predicted octanol–water partition coefficient (Wildman–Crippen LogP) is 7.68. The zero-order valence-corrected chi connectivity index (χ0v) is 19.2. The number of benzene rings is 3. The number of allylic oxidation sites excluding steroid dienone is 3. The molecule has 5 aromatic rings. The van der Waals surface area contributed by atoms with Gasteiger partial charge in [-0.1, -0.05) is 54.6 Å². The molecular weight excluding hydrogens is 433 g/mol. The van der Waals surface area contributed by atoms with Gasteiger partial charge in [0.25, 0.3) is 0 Å². The van der Waals surface area contributed by atoms with Gasteiger partial charge in [0.05, 0.1) is 23.5 Å². The number of para-hydroxylation sites is 2. The smallest absolute Gasteiger partial charge is 0.124 e. The van der Waals surface area contributed by atoms with Gasteiger partial charge in [-0.2, -0.15) is 5.26 Å². The Kier molecular flexibility index (Phi) is 4.47. The molecule has 2 aromatic heterocycles. The summed E-state index contributed by atoms with van der Waals surface area (Å²) in [6, 6.07) is 26.0. The molecule has 0 fully saturated rings. The fraction of sp³-hybridized carbons (Fsp3) is 0.194. The molecule has 0 amide bonds.